The first-order valence-electron chi connectivity index (χ1n) is 10.7. The molecule has 2 aromatic heterocycles. The minimum absolute atomic E-state index is 0. The lowest BCUT2D eigenvalue weighted by atomic mass is 10.1. The van der Waals surface area contributed by atoms with Gasteiger partial charge in [-0.25, -0.2) is 9.97 Å². The average molecular weight is 536 g/mol. The van der Waals surface area contributed by atoms with Crippen molar-refractivity contribution in [1.82, 2.24) is 9.97 Å². The first kappa shape index (κ1) is 29.5. The molecule has 184 valence electrons. The number of pyridine rings is 1. The molecule has 0 aliphatic rings. The van der Waals surface area contributed by atoms with E-state index in [1.807, 2.05) is 5.38 Å². The van der Waals surface area contributed by atoms with Crippen LogP contribution in [0.2, 0.25) is 5.02 Å². The van der Waals surface area contributed by atoms with Crippen molar-refractivity contribution in [2.24, 2.45) is 5.73 Å². The summed E-state index contributed by atoms with van der Waals surface area (Å²) in [6, 6.07) is 1.56. The lowest BCUT2D eigenvalue weighted by molar-refractivity contribution is -0.138. The van der Waals surface area contributed by atoms with Gasteiger partial charge >= 0.3 is 5.97 Å². The zero-order valence-electron chi connectivity index (χ0n) is 19.2. The number of unbranched alkanes of at least 4 members (excludes halogenated alkanes) is 4. The number of hydrogen-bond acceptors (Lipinski definition) is 7. The van der Waals surface area contributed by atoms with Crippen molar-refractivity contribution in [3.8, 4) is 0 Å². The van der Waals surface area contributed by atoms with Crippen LogP contribution in [-0.2, 0) is 11.2 Å². The number of carbonyl (C=O) groups is 2. The third-order valence-corrected chi connectivity index (χ3v) is 7.41. The molecule has 0 saturated heterocycles. The molecule has 0 fully saturated rings. The van der Waals surface area contributed by atoms with E-state index in [0.717, 1.165) is 29.4 Å². The maximum atomic E-state index is 11.4. The van der Waals surface area contributed by atoms with Crippen LogP contribution in [0, 0.1) is 0 Å². The molecule has 0 spiro atoms. The van der Waals surface area contributed by atoms with Crippen LogP contribution in [0.15, 0.2) is 22.0 Å². The summed E-state index contributed by atoms with van der Waals surface area (Å²) in [5, 5.41) is 11.7. The predicted octanol–water partition coefficient (Wildman–Crippen LogP) is 5.69. The van der Waals surface area contributed by atoms with E-state index in [4.69, 9.17) is 17.3 Å². The van der Waals surface area contributed by atoms with Gasteiger partial charge in [0.25, 0.3) is 0 Å². The summed E-state index contributed by atoms with van der Waals surface area (Å²) in [6.45, 7) is 6.99. The van der Waals surface area contributed by atoms with E-state index in [9.17, 15) is 14.7 Å². The SMILES string of the molecule is CCCCCCCN(CCc1csc(SC(C)(C)C(=O)O)n1)c1ncc(C(N)=O)cc1Cl.Cl. The molecule has 3 N–H and O–H groups in total. The van der Waals surface area contributed by atoms with E-state index in [0.29, 0.717) is 23.8 Å². The molecular weight excluding hydrogens is 503 g/mol. The van der Waals surface area contributed by atoms with Crippen LogP contribution in [-0.4, -0.2) is 44.8 Å². The highest BCUT2D eigenvalue weighted by Gasteiger charge is 2.29. The van der Waals surface area contributed by atoms with Gasteiger partial charge in [-0.05, 0) is 26.3 Å². The molecule has 0 atom stereocenters. The molecule has 0 saturated carbocycles. The number of anilines is 1. The Labute approximate surface area is 214 Å². The lowest BCUT2D eigenvalue weighted by Crippen LogP contribution is -2.28. The maximum Gasteiger partial charge on any atom is 0.319 e. The van der Waals surface area contributed by atoms with E-state index >= 15 is 0 Å². The number of amides is 1. The third-order valence-electron chi connectivity index (χ3n) is 4.96. The number of rotatable bonds is 14. The molecule has 0 radical (unpaired) electrons. The van der Waals surface area contributed by atoms with Crippen molar-refractivity contribution in [2.45, 2.75) is 68.4 Å². The average Bonchev–Trinajstić information content (AvgIpc) is 3.16. The molecule has 0 aliphatic carbocycles. The minimum atomic E-state index is -0.931. The second kappa shape index (κ2) is 14.0. The summed E-state index contributed by atoms with van der Waals surface area (Å²) >= 11 is 9.14. The number of carboxylic acid groups (broad SMARTS) is 1. The number of hydrogen-bond donors (Lipinski definition) is 2. The van der Waals surface area contributed by atoms with Gasteiger partial charge in [-0.1, -0.05) is 56.0 Å². The smallest absolute Gasteiger partial charge is 0.319 e. The monoisotopic (exact) mass is 534 g/mol. The van der Waals surface area contributed by atoms with E-state index in [2.05, 4.69) is 21.8 Å². The fourth-order valence-corrected chi connectivity index (χ4v) is 5.50. The highest BCUT2D eigenvalue weighted by Crippen LogP contribution is 2.35. The van der Waals surface area contributed by atoms with Crippen molar-refractivity contribution in [1.29, 1.82) is 0 Å². The molecular formula is C22H32Cl2N4O3S2. The number of thioether (sulfide) groups is 1. The molecule has 33 heavy (non-hydrogen) atoms. The summed E-state index contributed by atoms with van der Waals surface area (Å²) in [6.07, 6.45) is 7.88. The second-order valence-corrected chi connectivity index (χ2v) is 11.2. The van der Waals surface area contributed by atoms with Gasteiger partial charge in [-0.3, -0.25) is 9.59 Å². The van der Waals surface area contributed by atoms with E-state index in [1.165, 1.54) is 48.6 Å². The topological polar surface area (TPSA) is 109 Å². The Morgan fingerprint density at radius 1 is 1.24 bits per heavy atom. The van der Waals surface area contributed by atoms with E-state index in [-0.39, 0.29) is 18.0 Å². The lowest BCUT2D eigenvalue weighted by Gasteiger charge is -2.24. The Hall–Kier alpha value is -1.55. The normalized spacial score (nSPS) is 11.2. The summed E-state index contributed by atoms with van der Waals surface area (Å²) in [5.74, 6) is -0.800. The number of halogens is 2. The number of primary amides is 1. The quantitative estimate of drug-likeness (QED) is 0.236. The first-order valence-corrected chi connectivity index (χ1v) is 12.8. The van der Waals surface area contributed by atoms with Gasteiger partial charge in [0.1, 0.15) is 10.6 Å². The van der Waals surface area contributed by atoms with Crippen LogP contribution in [0.4, 0.5) is 5.82 Å². The predicted molar refractivity (Wildman–Crippen MR) is 139 cm³/mol. The van der Waals surface area contributed by atoms with Crippen LogP contribution in [0.25, 0.3) is 0 Å². The molecule has 11 heteroatoms. The first-order chi connectivity index (χ1) is 15.1. The summed E-state index contributed by atoms with van der Waals surface area (Å²) in [7, 11) is 0. The fraction of sp³-hybridized carbons (Fsp3) is 0.545. The van der Waals surface area contributed by atoms with Gasteiger partial charge < -0.3 is 15.7 Å². The number of nitrogens with two attached hydrogens (primary N) is 1. The van der Waals surface area contributed by atoms with Crippen LogP contribution in [0.1, 0.15) is 68.9 Å². The number of thiazole rings is 1. The Bertz CT molecular complexity index is 925. The zero-order valence-corrected chi connectivity index (χ0v) is 22.4. The highest BCUT2D eigenvalue weighted by molar-refractivity contribution is 8.03. The van der Waals surface area contributed by atoms with Gasteiger partial charge in [0, 0.05) is 31.1 Å². The summed E-state index contributed by atoms with van der Waals surface area (Å²) in [4.78, 5) is 33.9. The van der Waals surface area contributed by atoms with E-state index in [1.54, 1.807) is 19.9 Å². The van der Waals surface area contributed by atoms with Gasteiger partial charge in [-0.2, -0.15) is 0 Å². The Morgan fingerprint density at radius 2 is 1.94 bits per heavy atom. The van der Waals surface area contributed by atoms with Crippen molar-refractivity contribution < 1.29 is 14.7 Å². The van der Waals surface area contributed by atoms with Crippen molar-refractivity contribution in [3.63, 3.8) is 0 Å². The van der Waals surface area contributed by atoms with Crippen molar-refractivity contribution in [3.05, 3.63) is 33.9 Å². The maximum absolute atomic E-state index is 11.4. The highest BCUT2D eigenvalue weighted by atomic mass is 35.5. The molecule has 7 nitrogen and oxygen atoms in total. The van der Waals surface area contributed by atoms with Gasteiger partial charge in [0.05, 0.1) is 16.3 Å². The van der Waals surface area contributed by atoms with Crippen LogP contribution in [0.3, 0.4) is 0 Å². The Balaban J connectivity index is 0.00000544. The molecule has 0 unspecified atom stereocenters. The summed E-state index contributed by atoms with van der Waals surface area (Å²) < 4.78 is -0.195. The van der Waals surface area contributed by atoms with Gasteiger partial charge in [0.15, 0.2) is 4.34 Å². The standard InChI is InChI=1S/C22H31ClN4O3S2.ClH/c1-4-5-6-7-8-10-27(19-17(23)12-15(13-25-19)18(24)28)11-9-16-14-31-21(26-16)32-22(2,3)20(29)30;/h12-14H,4-11H2,1-3H3,(H2,24,28)(H,29,30);1H. The number of aromatic nitrogens is 2. The summed E-state index contributed by atoms with van der Waals surface area (Å²) in [5.41, 5.74) is 6.52. The largest absolute Gasteiger partial charge is 0.480 e. The minimum Gasteiger partial charge on any atom is -0.480 e. The van der Waals surface area contributed by atoms with Gasteiger partial charge in [-0.15, -0.1) is 23.7 Å². The van der Waals surface area contributed by atoms with Crippen LogP contribution in [0.5, 0.6) is 0 Å². The molecule has 0 aromatic carbocycles. The molecule has 2 aromatic rings. The van der Waals surface area contributed by atoms with Crippen LogP contribution < -0.4 is 10.6 Å². The molecule has 2 heterocycles. The molecule has 1 amide bonds. The van der Waals surface area contributed by atoms with Crippen molar-refractivity contribution >= 4 is 64.8 Å². The number of aliphatic carboxylic acids is 1. The second-order valence-electron chi connectivity index (χ2n) is 8.07. The Kier molecular flexibility index (Phi) is 12.5. The molecule has 2 rings (SSSR count). The number of carboxylic acids is 1. The Morgan fingerprint density at radius 3 is 2.55 bits per heavy atom. The van der Waals surface area contributed by atoms with E-state index < -0.39 is 16.6 Å². The molecule has 0 aliphatic heterocycles. The number of nitrogens with zero attached hydrogens (tertiary/aromatic N) is 3. The van der Waals surface area contributed by atoms with Gasteiger partial charge in [0.2, 0.25) is 5.91 Å². The third kappa shape index (κ3) is 9.31. The zero-order chi connectivity index (χ0) is 23.7. The van der Waals surface area contributed by atoms with Crippen molar-refractivity contribution in [2.75, 3.05) is 18.0 Å². The fourth-order valence-electron chi connectivity index (χ4n) is 2.99. The molecule has 0 bridgehead atoms. The number of carbonyl (C=O) groups excluding carboxylic acids is 1. The van der Waals surface area contributed by atoms with Crippen LogP contribution >= 0.6 is 47.1 Å².